The van der Waals surface area contributed by atoms with Crippen molar-refractivity contribution >= 4 is 15.9 Å². The van der Waals surface area contributed by atoms with Gasteiger partial charge in [-0.3, -0.25) is 0 Å². The zero-order valence-corrected chi connectivity index (χ0v) is 13.9. The molecule has 2 unspecified atom stereocenters. The largest absolute Gasteiger partial charge is 0.493 e. The Bertz CT molecular complexity index is 448. The number of aliphatic hydroxyl groups is 1. The number of benzene rings is 1. The molecule has 0 aromatic heterocycles. The van der Waals surface area contributed by atoms with Gasteiger partial charge in [-0.1, -0.05) is 35.3 Å². The Kier molecular flexibility index (Phi) is 5.47. The van der Waals surface area contributed by atoms with Gasteiger partial charge >= 0.3 is 0 Å². The third kappa shape index (κ3) is 4.21. The molecular weight excluding hydrogens is 318 g/mol. The summed E-state index contributed by atoms with van der Waals surface area (Å²) in [5.74, 6) is 0.949. The minimum absolute atomic E-state index is 0.254. The van der Waals surface area contributed by atoms with Crippen molar-refractivity contribution in [2.45, 2.75) is 51.2 Å². The summed E-state index contributed by atoms with van der Waals surface area (Å²) in [7, 11) is 0. The molecule has 0 spiro atoms. The number of hydrogen-bond donors (Lipinski definition) is 2. The second kappa shape index (κ2) is 6.92. The van der Waals surface area contributed by atoms with E-state index in [1.54, 1.807) is 0 Å². The van der Waals surface area contributed by atoms with Crippen LogP contribution in [0, 0.1) is 0 Å². The van der Waals surface area contributed by atoms with Gasteiger partial charge < -0.3 is 15.2 Å². The standard InChI is InChI=1S/C16H24BrNO2/c1-3-8-16(2,19)11-18-14-5-4-9-20-15-10-12(17)6-7-13(14)15/h6-7,10,14,18-19H,3-5,8-9,11H2,1-2H3. The average Bonchev–Trinajstić information content (AvgIpc) is 2.58. The summed E-state index contributed by atoms with van der Waals surface area (Å²) in [5.41, 5.74) is 0.551. The molecule has 3 nitrogen and oxygen atoms in total. The summed E-state index contributed by atoms with van der Waals surface area (Å²) < 4.78 is 6.84. The van der Waals surface area contributed by atoms with E-state index in [2.05, 4.69) is 34.2 Å². The second-order valence-electron chi connectivity index (χ2n) is 5.85. The zero-order valence-electron chi connectivity index (χ0n) is 12.3. The van der Waals surface area contributed by atoms with E-state index in [0.717, 1.165) is 42.5 Å². The molecule has 112 valence electrons. The summed E-state index contributed by atoms with van der Waals surface area (Å²) in [5, 5.41) is 13.8. The Labute approximate surface area is 129 Å². The molecule has 1 heterocycles. The molecule has 1 aromatic carbocycles. The molecule has 0 fully saturated rings. The fourth-order valence-electron chi connectivity index (χ4n) is 2.73. The van der Waals surface area contributed by atoms with Crippen molar-refractivity contribution in [3.8, 4) is 5.75 Å². The SMILES string of the molecule is CCCC(C)(O)CNC1CCCOc2cc(Br)ccc21. The van der Waals surface area contributed by atoms with Crippen LogP contribution in [0.3, 0.4) is 0 Å². The van der Waals surface area contributed by atoms with Gasteiger partial charge in [0.25, 0.3) is 0 Å². The number of fused-ring (bicyclic) bond motifs is 1. The smallest absolute Gasteiger partial charge is 0.125 e. The van der Waals surface area contributed by atoms with Crippen LogP contribution in [0.25, 0.3) is 0 Å². The van der Waals surface area contributed by atoms with Crippen LogP contribution in [-0.4, -0.2) is 23.9 Å². The van der Waals surface area contributed by atoms with Gasteiger partial charge in [-0.15, -0.1) is 0 Å². The molecule has 0 amide bonds. The molecule has 2 atom stereocenters. The first-order chi connectivity index (χ1) is 9.52. The van der Waals surface area contributed by atoms with Crippen molar-refractivity contribution in [3.05, 3.63) is 28.2 Å². The quantitative estimate of drug-likeness (QED) is 0.855. The van der Waals surface area contributed by atoms with E-state index in [1.165, 1.54) is 5.56 Å². The van der Waals surface area contributed by atoms with E-state index in [-0.39, 0.29) is 6.04 Å². The van der Waals surface area contributed by atoms with E-state index < -0.39 is 5.60 Å². The summed E-state index contributed by atoms with van der Waals surface area (Å²) in [4.78, 5) is 0. The molecule has 2 N–H and O–H groups in total. The fourth-order valence-corrected chi connectivity index (χ4v) is 3.07. The van der Waals surface area contributed by atoms with Gasteiger partial charge in [0.1, 0.15) is 5.75 Å². The third-order valence-corrected chi connectivity index (χ3v) is 4.26. The summed E-state index contributed by atoms with van der Waals surface area (Å²) in [6.45, 7) is 5.37. The maximum Gasteiger partial charge on any atom is 0.125 e. The first kappa shape index (κ1) is 15.8. The lowest BCUT2D eigenvalue weighted by Gasteiger charge is -2.27. The van der Waals surface area contributed by atoms with E-state index in [9.17, 15) is 5.11 Å². The van der Waals surface area contributed by atoms with Crippen LogP contribution in [0.1, 0.15) is 51.1 Å². The zero-order chi connectivity index (χ0) is 14.6. The molecule has 0 radical (unpaired) electrons. The highest BCUT2D eigenvalue weighted by Crippen LogP contribution is 2.33. The van der Waals surface area contributed by atoms with Gasteiger partial charge in [-0.2, -0.15) is 0 Å². The van der Waals surface area contributed by atoms with E-state index in [1.807, 2.05) is 19.1 Å². The first-order valence-electron chi connectivity index (χ1n) is 7.40. The van der Waals surface area contributed by atoms with Crippen LogP contribution in [0.2, 0.25) is 0 Å². The lowest BCUT2D eigenvalue weighted by molar-refractivity contribution is 0.0468. The number of ether oxygens (including phenoxy) is 1. The molecule has 2 rings (SSSR count). The van der Waals surface area contributed by atoms with Crippen LogP contribution >= 0.6 is 15.9 Å². The van der Waals surface area contributed by atoms with Gasteiger partial charge in [-0.05, 0) is 38.3 Å². The minimum Gasteiger partial charge on any atom is -0.493 e. The number of nitrogens with one attached hydrogen (secondary N) is 1. The van der Waals surface area contributed by atoms with E-state index in [4.69, 9.17) is 4.74 Å². The molecule has 1 aliphatic rings. The molecule has 20 heavy (non-hydrogen) atoms. The van der Waals surface area contributed by atoms with Crippen LogP contribution in [-0.2, 0) is 0 Å². The maximum atomic E-state index is 10.3. The van der Waals surface area contributed by atoms with Crippen molar-refractivity contribution in [1.82, 2.24) is 5.32 Å². The fraction of sp³-hybridized carbons (Fsp3) is 0.625. The average molecular weight is 342 g/mol. The van der Waals surface area contributed by atoms with E-state index in [0.29, 0.717) is 6.54 Å². The van der Waals surface area contributed by atoms with Gasteiger partial charge in [0.05, 0.1) is 12.2 Å². The normalized spacial score (nSPS) is 21.5. The molecular formula is C16H24BrNO2. The second-order valence-corrected chi connectivity index (χ2v) is 6.77. The first-order valence-corrected chi connectivity index (χ1v) is 8.19. The number of hydrogen-bond acceptors (Lipinski definition) is 3. The lowest BCUT2D eigenvalue weighted by atomic mass is 9.97. The molecule has 1 aromatic rings. The molecule has 0 saturated heterocycles. The summed E-state index contributed by atoms with van der Waals surface area (Å²) in [6, 6.07) is 6.44. The van der Waals surface area contributed by atoms with Gasteiger partial charge in [0, 0.05) is 22.6 Å². The highest BCUT2D eigenvalue weighted by atomic mass is 79.9. The van der Waals surface area contributed by atoms with Crippen molar-refractivity contribution in [2.75, 3.05) is 13.2 Å². The van der Waals surface area contributed by atoms with Crippen LogP contribution in [0.5, 0.6) is 5.75 Å². The van der Waals surface area contributed by atoms with Crippen LogP contribution in [0.4, 0.5) is 0 Å². The molecule has 0 saturated carbocycles. The third-order valence-electron chi connectivity index (χ3n) is 3.76. The topological polar surface area (TPSA) is 41.5 Å². The van der Waals surface area contributed by atoms with Crippen LogP contribution in [0.15, 0.2) is 22.7 Å². The van der Waals surface area contributed by atoms with Crippen molar-refractivity contribution in [3.63, 3.8) is 0 Å². The van der Waals surface area contributed by atoms with Crippen molar-refractivity contribution < 1.29 is 9.84 Å². The molecule has 0 aliphatic carbocycles. The Hall–Kier alpha value is -0.580. The highest BCUT2D eigenvalue weighted by Gasteiger charge is 2.24. The Morgan fingerprint density at radius 1 is 1.50 bits per heavy atom. The van der Waals surface area contributed by atoms with Crippen LogP contribution < -0.4 is 10.1 Å². The Morgan fingerprint density at radius 3 is 3.05 bits per heavy atom. The number of rotatable bonds is 5. The Morgan fingerprint density at radius 2 is 2.30 bits per heavy atom. The van der Waals surface area contributed by atoms with Crippen molar-refractivity contribution in [2.24, 2.45) is 0 Å². The predicted octanol–water partition coefficient (Wildman–Crippen LogP) is 3.80. The van der Waals surface area contributed by atoms with Crippen molar-refractivity contribution in [1.29, 1.82) is 0 Å². The van der Waals surface area contributed by atoms with Gasteiger partial charge in [0.2, 0.25) is 0 Å². The lowest BCUT2D eigenvalue weighted by Crippen LogP contribution is -2.39. The van der Waals surface area contributed by atoms with Gasteiger partial charge in [0.15, 0.2) is 0 Å². The number of halogens is 1. The molecule has 1 aliphatic heterocycles. The molecule has 0 bridgehead atoms. The predicted molar refractivity (Wildman–Crippen MR) is 85.1 cm³/mol. The van der Waals surface area contributed by atoms with Gasteiger partial charge in [-0.25, -0.2) is 0 Å². The Balaban J connectivity index is 2.09. The summed E-state index contributed by atoms with van der Waals surface area (Å²) in [6.07, 6.45) is 3.87. The maximum absolute atomic E-state index is 10.3. The van der Waals surface area contributed by atoms with E-state index >= 15 is 0 Å². The highest BCUT2D eigenvalue weighted by molar-refractivity contribution is 9.10. The molecule has 4 heteroatoms. The minimum atomic E-state index is -0.641. The summed E-state index contributed by atoms with van der Waals surface area (Å²) >= 11 is 3.49. The monoisotopic (exact) mass is 341 g/mol.